The summed E-state index contributed by atoms with van der Waals surface area (Å²) in [7, 11) is 0. The van der Waals surface area contributed by atoms with Crippen molar-refractivity contribution < 1.29 is 0 Å². The van der Waals surface area contributed by atoms with Gasteiger partial charge in [-0.15, -0.1) is 22.7 Å². The van der Waals surface area contributed by atoms with Gasteiger partial charge in [-0.05, 0) is 103 Å². The highest BCUT2D eigenvalue weighted by Gasteiger charge is 2.08. The molecule has 8 aromatic rings. The van der Waals surface area contributed by atoms with E-state index in [1.807, 2.05) is 22.7 Å². The van der Waals surface area contributed by atoms with E-state index in [9.17, 15) is 0 Å². The van der Waals surface area contributed by atoms with Gasteiger partial charge >= 0.3 is 0 Å². The molecule has 0 aliphatic rings. The first-order valence-electron chi connectivity index (χ1n) is 14.8. The Kier molecular flexibility index (Phi) is 7.00. The lowest BCUT2D eigenvalue weighted by Gasteiger charge is -2.05. The second-order valence-corrected chi connectivity index (χ2v) is 13.2. The predicted molar refractivity (Wildman–Crippen MR) is 194 cm³/mol. The van der Waals surface area contributed by atoms with E-state index in [1.165, 1.54) is 74.4 Å². The van der Waals surface area contributed by atoms with Gasteiger partial charge in [-0.2, -0.15) is 0 Å². The Hall–Kier alpha value is -5.02. The fourth-order valence-corrected chi connectivity index (χ4v) is 7.75. The molecular formula is C42H28S2. The first-order valence-corrected chi connectivity index (χ1v) is 16.5. The highest BCUT2D eigenvalue weighted by molar-refractivity contribution is 7.19. The van der Waals surface area contributed by atoms with E-state index in [4.69, 9.17) is 0 Å². The third-order valence-electron chi connectivity index (χ3n) is 8.09. The van der Waals surface area contributed by atoms with Crippen molar-refractivity contribution in [1.82, 2.24) is 0 Å². The largest absolute Gasteiger partial charge is 0.135 e. The summed E-state index contributed by atoms with van der Waals surface area (Å²) in [4.78, 5) is 5.20. The van der Waals surface area contributed by atoms with Crippen molar-refractivity contribution in [2.24, 2.45) is 0 Å². The predicted octanol–water partition coefficient (Wildman–Crippen LogP) is 13.0. The molecule has 0 saturated carbocycles. The fourth-order valence-electron chi connectivity index (χ4n) is 5.74. The second kappa shape index (κ2) is 11.6. The van der Waals surface area contributed by atoms with Crippen LogP contribution in [0.15, 0.2) is 158 Å². The molecular weight excluding hydrogens is 569 g/mol. The average molecular weight is 597 g/mol. The van der Waals surface area contributed by atoms with E-state index < -0.39 is 0 Å². The molecule has 0 aliphatic heterocycles. The lowest BCUT2D eigenvalue weighted by atomic mass is 10.0. The second-order valence-electron chi connectivity index (χ2n) is 11.0. The Bertz CT molecular complexity index is 2100. The molecule has 208 valence electrons. The van der Waals surface area contributed by atoms with E-state index in [-0.39, 0.29) is 0 Å². The molecule has 0 bridgehead atoms. The topological polar surface area (TPSA) is 0 Å². The quantitative estimate of drug-likeness (QED) is 0.168. The molecule has 2 aromatic heterocycles. The van der Waals surface area contributed by atoms with Gasteiger partial charge in [0.1, 0.15) is 0 Å². The summed E-state index contributed by atoms with van der Waals surface area (Å²) >= 11 is 3.69. The molecule has 44 heavy (non-hydrogen) atoms. The third kappa shape index (κ3) is 5.42. The molecule has 2 heteroatoms. The number of rotatable bonds is 6. The van der Waals surface area contributed by atoms with E-state index >= 15 is 0 Å². The Labute approximate surface area is 265 Å². The van der Waals surface area contributed by atoms with Crippen molar-refractivity contribution in [3.05, 3.63) is 169 Å². The van der Waals surface area contributed by atoms with Gasteiger partial charge in [-0.1, -0.05) is 121 Å². The molecule has 0 fully saturated rings. The van der Waals surface area contributed by atoms with E-state index in [0.717, 1.165) is 0 Å². The molecule has 0 atom stereocenters. The molecule has 0 radical (unpaired) electrons. The highest BCUT2D eigenvalue weighted by Crippen LogP contribution is 2.37. The van der Waals surface area contributed by atoms with Crippen LogP contribution in [0.1, 0.15) is 11.1 Å². The number of hydrogen-bond donors (Lipinski definition) is 0. The summed E-state index contributed by atoms with van der Waals surface area (Å²) in [6.07, 6.45) is 4.43. The Morgan fingerprint density at radius 1 is 0.295 bits per heavy atom. The standard InChI is InChI=1S/C42H28S2/c1-3-7-31(8-4-1)39-21-23-41(43-39)37-19-17-33-25-29(13-15-35(33)27-37)11-12-30-14-16-36-28-38(20-18-34(36)26-30)42-24-22-40(44-42)32-9-5-2-6-10-32/h1-28H. The molecule has 0 spiro atoms. The van der Waals surface area contributed by atoms with Crippen LogP contribution < -0.4 is 0 Å². The summed E-state index contributed by atoms with van der Waals surface area (Å²) in [5.41, 5.74) is 7.48. The molecule has 2 heterocycles. The third-order valence-corrected chi connectivity index (χ3v) is 10.5. The van der Waals surface area contributed by atoms with Gasteiger partial charge in [0.15, 0.2) is 0 Å². The first-order chi connectivity index (χ1) is 21.7. The van der Waals surface area contributed by atoms with Crippen molar-refractivity contribution in [2.75, 3.05) is 0 Å². The minimum absolute atomic E-state index is 1.20. The summed E-state index contributed by atoms with van der Waals surface area (Å²) in [5, 5.41) is 5.03. The SMILES string of the molecule is C(=Cc1ccc2cc(-c3ccc(-c4ccccc4)s3)ccc2c1)c1ccc2cc(-c3ccc(-c4ccccc4)s3)ccc2c1. The van der Waals surface area contributed by atoms with Crippen LogP contribution in [0.2, 0.25) is 0 Å². The zero-order chi connectivity index (χ0) is 29.3. The van der Waals surface area contributed by atoms with E-state index in [2.05, 4.69) is 170 Å². The van der Waals surface area contributed by atoms with Crippen molar-refractivity contribution in [2.45, 2.75) is 0 Å². The fraction of sp³-hybridized carbons (Fsp3) is 0. The lowest BCUT2D eigenvalue weighted by molar-refractivity contribution is 1.68. The van der Waals surface area contributed by atoms with Crippen LogP contribution in [0, 0.1) is 0 Å². The van der Waals surface area contributed by atoms with Crippen molar-refractivity contribution >= 4 is 56.4 Å². The van der Waals surface area contributed by atoms with Gasteiger partial charge in [0.25, 0.3) is 0 Å². The molecule has 0 aliphatic carbocycles. The van der Waals surface area contributed by atoms with Crippen LogP contribution >= 0.6 is 22.7 Å². The smallest absolute Gasteiger partial charge is 0.0349 e. The Morgan fingerprint density at radius 2 is 0.659 bits per heavy atom. The van der Waals surface area contributed by atoms with Crippen molar-refractivity contribution in [3.63, 3.8) is 0 Å². The van der Waals surface area contributed by atoms with Gasteiger partial charge in [0, 0.05) is 19.5 Å². The summed E-state index contributed by atoms with van der Waals surface area (Å²) < 4.78 is 0. The average Bonchev–Trinajstić information content (AvgIpc) is 3.79. The number of hydrogen-bond acceptors (Lipinski definition) is 2. The lowest BCUT2D eigenvalue weighted by Crippen LogP contribution is -1.80. The molecule has 8 rings (SSSR count). The summed E-state index contributed by atoms with van der Waals surface area (Å²) in [5.74, 6) is 0. The van der Waals surface area contributed by atoms with Crippen LogP contribution in [0.25, 0.3) is 75.5 Å². The summed E-state index contributed by atoms with van der Waals surface area (Å²) in [6.45, 7) is 0. The number of fused-ring (bicyclic) bond motifs is 2. The zero-order valence-electron chi connectivity index (χ0n) is 24.0. The Morgan fingerprint density at radius 3 is 1.09 bits per heavy atom. The number of thiophene rings is 2. The van der Waals surface area contributed by atoms with Crippen molar-refractivity contribution in [3.8, 4) is 41.8 Å². The monoisotopic (exact) mass is 596 g/mol. The van der Waals surface area contributed by atoms with Gasteiger partial charge in [-0.3, -0.25) is 0 Å². The molecule has 0 amide bonds. The Balaban J connectivity index is 0.998. The summed E-state index contributed by atoms with van der Waals surface area (Å²) in [6, 6.07) is 57.2. The van der Waals surface area contributed by atoms with Crippen LogP contribution in [-0.2, 0) is 0 Å². The molecule has 0 unspecified atom stereocenters. The highest BCUT2D eigenvalue weighted by atomic mass is 32.1. The van der Waals surface area contributed by atoms with Crippen LogP contribution in [0.5, 0.6) is 0 Å². The van der Waals surface area contributed by atoms with Gasteiger partial charge in [-0.25, -0.2) is 0 Å². The normalized spacial score (nSPS) is 11.5. The van der Waals surface area contributed by atoms with Crippen LogP contribution in [0.3, 0.4) is 0 Å². The van der Waals surface area contributed by atoms with Crippen molar-refractivity contribution in [1.29, 1.82) is 0 Å². The molecule has 6 aromatic carbocycles. The van der Waals surface area contributed by atoms with Gasteiger partial charge in [0.2, 0.25) is 0 Å². The minimum atomic E-state index is 1.20. The van der Waals surface area contributed by atoms with Crippen LogP contribution in [0.4, 0.5) is 0 Å². The van der Waals surface area contributed by atoms with Gasteiger partial charge in [0.05, 0.1) is 0 Å². The first kappa shape index (κ1) is 26.6. The maximum atomic E-state index is 2.31. The molecule has 0 N–H and O–H groups in total. The van der Waals surface area contributed by atoms with E-state index in [1.54, 1.807) is 0 Å². The van der Waals surface area contributed by atoms with E-state index in [0.29, 0.717) is 0 Å². The van der Waals surface area contributed by atoms with Gasteiger partial charge < -0.3 is 0 Å². The molecule has 0 nitrogen and oxygen atoms in total. The molecule has 0 saturated heterocycles. The maximum absolute atomic E-state index is 2.31. The maximum Gasteiger partial charge on any atom is 0.0349 e. The van der Waals surface area contributed by atoms with Crippen LogP contribution in [-0.4, -0.2) is 0 Å². The minimum Gasteiger partial charge on any atom is -0.135 e. The zero-order valence-corrected chi connectivity index (χ0v) is 25.6. The number of benzene rings is 6.